The van der Waals surface area contributed by atoms with Gasteiger partial charge in [-0.15, -0.1) is 11.6 Å². The second-order valence-electron chi connectivity index (χ2n) is 3.09. The van der Waals surface area contributed by atoms with E-state index in [1.807, 2.05) is 30.3 Å². The van der Waals surface area contributed by atoms with Crippen LogP contribution in [0.1, 0.15) is 10.5 Å². The van der Waals surface area contributed by atoms with Gasteiger partial charge in [0, 0.05) is 5.56 Å². The Hall–Kier alpha value is -1.61. The molecule has 0 saturated heterocycles. The topological polar surface area (TPSA) is 45.8 Å². The molecule has 1 heterocycles. The van der Waals surface area contributed by atoms with Crippen molar-refractivity contribution in [1.29, 1.82) is 0 Å². The maximum Gasteiger partial charge on any atom is 0.195 e. The van der Waals surface area contributed by atoms with Gasteiger partial charge in [0.2, 0.25) is 0 Å². The highest BCUT2D eigenvalue weighted by atomic mass is 35.5. The molecule has 0 unspecified atom stereocenters. The zero-order valence-electron chi connectivity index (χ0n) is 7.90. The van der Waals surface area contributed by atoms with Crippen molar-refractivity contribution in [3.63, 3.8) is 0 Å². The molecule has 0 radical (unpaired) electrons. The number of nitrogens with one attached hydrogen (secondary N) is 1. The summed E-state index contributed by atoms with van der Waals surface area (Å²) in [4.78, 5) is 11.3. The van der Waals surface area contributed by atoms with E-state index in [4.69, 9.17) is 11.6 Å². The van der Waals surface area contributed by atoms with Crippen molar-refractivity contribution in [1.82, 2.24) is 10.2 Å². The van der Waals surface area contributed by atoms with Crippen LogP contribution in [0.2, 0.25) is 0 Å². The van der Waals surface area contributed by atoms with Crippen LogP contribution in [0.3, 0.4) is 0 Å². The zero-order chi connectivity index (χ0) is 10.7. The Balaban J connectivity index is 2.32. The molecule has 2 aromatic rings. The van der Waals surface area contributed by atoms with Gasteiger partial charge in [-0.05, 0) is 6.07 Å². The van der Waals surface area contributed by atoms with Gasteiger partial charge in [0.05, 0.1) is 11.6 Å². The molecular formula is C11H9ClN2O. The standard InChI is InChI=1S/C11H9ClN2O/c12-7-11(15)10-6-9(13-14-10)8-4-2-1-3-5-8/h1-6H,7H2,(H,13,14). The zero-order valence-corrected chi connectivity index (χ0v) is 8.66. The van der Waals surface area contributed by atoms with E-state index in [-0.39, 0.29) is 11.7 Å². The molecule has 0 aliphatic rings. The number of benzene rings is 1. The molecule has 1 aromatic heterocycles. The first-order valence-corrected chi connectivity index (χ1v) is 5.04. The SMILES string of the molecule is O=C(CCl)c1cc(-c2ccccc2)n[nH]1. The Kier molecular flexibility index (Phi) is 2.83. The van der Waals surface area contributed by atoms with E-state index >= 15 is 0 Å². The van der Waals surface area contributed by atoms with Crippen molar-refractivity contribution in [2.24, 2.45) is 0 Å². The molecule has 0 fully saturated rings. The number of halogens is 1. The molecule has 0 atom stereocenters. The second kappa shape index (κ2) is 4.28. The molecule has 2 rings (SSSR count). The highest BCUT2D eigenvalue weighted by Crippen LogP contribution is 2.17. The Morgan fingerprint density at radius 1 is 1.33 bits per heavy atom. The number of ketones is 1. The summed E-state index contributed by atoms with van der Waals surface area (Å²) < 4.78 is 0. The molecule has 0 spiro atoms. The molecule has 1 N–H and O–H groups in total. The summed E-state index contributed by atoms with van der Waals surface area (Å²) in [6.07, 6.45) is 0. The highest BCUT2D eigenvalue weighted by molar-refractivity contribution is 6.30. The number of hydrogen-bond donors (Lipinski definition) is 1. The summed E-state index contributed by atoms with van der Waals surface area (Å²) in [6.45, 7) is 0. The summed E-state index contributed by atoms with van der Waals surface area (Å²) in [7, 11) is 0. The monoisotopic (exact) mass is 220 g/mol. The van der Waals surface area contributed by atoms with Crippen molar-refractivity contribution in [2.45, 2.75) is 0 Å². The number of carbonyl (C=O) groups excluding carboxylic acids is 1. The van der Waals surface area contributed by atoms with Crippen LogP contribution in [-0.4, -0.2) is 21.9 Å². The number of nitrogens with zero attached hydrogens (tertiary/aromatic N) is 1. The van der Waals surface area contributed by atoms with Crippen LogP contribution in [-0.2, 0) is 0 Å². The van der Waals surface area contributed by atoms with Gasteiger partial charge in [-0.1, -0.05) is 30.3 Å². The van der Waals surface area contributed by atoms with E-state index in [0.29, 0.717) is 5.69 Å². The van der Waals surface area contributed by atoms with E-state index in [1.54, 1.807) is 6.07 Å². The minimum Gasteiger partial charge on any atom is -0.291 e. The fourth-order valence-corrected chi connectivity index (χ4v) is 1.44. The second-order valence-corrected chi connectivity index (χ2v) is 3.36. The normalized spacial score (nSPS) is 10.2. The maximum absolute atomic E-state index is 11.3. The first-order valence-electron chi connectivity index (χ1n) is 4.51. The number of H-pyrrole nitrogens is 1. The molecule has 0 saturated carbocycles. The summed E-state index contributed by atoms with van der Waals surface area (Å²) in [6, 6.07) is 11.4. The average molecular weight is 221 g/mol. The molecular weight excluding hydrogens is 212 g/mol. The van der Waals surface area contributed by atoms with Gasteiger partial charge in [0.15, 0.2) is 5.78 Å². The smallest absolute Gasteiger partial charge is 0.195 e. The molecule has 3 nitrogen and oxygen atoms in total. The van der Waals surface area contributed by atoms with Gasteiger partial charge in [-0.25, -0.2) is 0 Å². The lowest BCUT2D eigenvalue weighted by molar-refractivity contribution is 0.101. The van der Waals surface area contributed by atoms with E-state index in [1.165, 1.54) is 0 Å². The first kappa shape index (κ1) is 9.93. The van der Waals surface area contributed by atoms with Crippen LogP contribution in [0.25, 0.3) is 11.3 Å². The predicted molar refractivity (Wildman–Crippen MR) is 59.1 cm³/mol. The number of aromatic amines is 1. The number of rotatable bonds is 3. The van der Waals surface area contributed by atoms with Crippen molar-refractivity contribution in [3.05, 3.63) is 42.1 Å². The summed E-state index contributed by atoms with van der Waals surface area (Å²) >= 11 is 5.44. The number of hydrogen-bond acceptors (Lipinski definition) is 2. The van der Waals surface area contributed by atoms with Gasteiger partial charge in [-0.2, -0.15) is 5.10 Å². The number of alkyl halides is 1. The summed E-state index contributed by atoms with van der Waals surface area (Å²) in [5.41, 5.74) is 2.18. The molecule has 0 aliphatic carbocycles. The highest BCUT2D eigenvalue weighted by Gasteiger charge is 2.09. The van der Waals surface area contributed by atoms with E-state index in [9.17, 15) is 4.79 Å². The maximum atomic E-state index is 11.3. The van der Waals surface area contributed by atoms with Crippen LogP contribution in [0.15, 0.2) is 36.4 Å². The van der Waals surface area contributed by atoms with Crippen molar-refractivity contribution < 1.29 is 4.79 Å². The van der Waals surface area contributed by atoms with E-state index in [2.05, 4.69) is 10.2 Å². The molecule has 0 aliphatic heterocycles. The molecule has 0 amide bonds. The molecule has 4 heteroatoms. The van der Waals surface area contributed by atoms with Crippen molar-refractivity contribution in [3.8, 4) is 11.3 Å². The van der Waals surface area contributed by atoms with Gasteiger partial charge in [0.1, 0.15) is 5.69 Å². The minimum absolute atomic E-state index is 0.0313. The van der Waals surface area contributed by atoms with Gasteiger partial charge in [0.25, 0.3) is 0 Å². The number of Topliss-reactive ketones (excluding diaryl/α,β-unsaturated/α-hetero) is 1. The Labute approximate surface area is 92.1 Å². The van der Waals surface area contributed by atoms with Gasteiger partial charge < -0.3 is 0 Å². The fraction of sp³-hybridized carbons (Fsp3) is 0.0909. The molecule has 76 valence electrons. The largest absolute Gasteiger partial charge is 0.291 e. The average Bonchev–Trinajstić information content (AvgIpc) is 2.78. The third-order valence-corrected chi connectivity index (χ3v) is 2.31. The lowest BCUT2D eigenvalue weighted by Gasteiger charge is -1.92. The molecule has 1 aromatic carbocycles. The summed E-state index contributed by atoms with van der Waals surface area (Å²) in [5, 5.41) is 6.72. The van der Waals surface area contributed by atoms with Crippen LogP contribution in [0.4, 0.5) is 0 Å². The minimum atomic E-state index is -0.147. The number of carbonyl (C=O) groups is 1. The lowest BCUT2D eigenvalue weighted by atomic mass is 10.1. The lowest BCUT2D eigenvalue weighted by Crippen LogP contribution is -1.99. The summed E-state index contributed by atoms with van der Waals surface area (Å²) in [5.74, 6) is -0.178. The third kappa shape index (κ3) is 2.07. The van der Waals surface area contributed by atoms with E-state index < -0.39 is 0 Å². The van der Waals surface area contributed by atoms with E-state index in [0.717, 1.165) is 11.3 Å². The van der Waals surface area contributed by atoms with Crippen LogP contribution in [0.5, 0.6) is 0 Å². The van der Waals surface area contributed by atoms with Crippen LogP contribution >= 0.6 is 11.6 Å². The van der Waals surface area contributed by atoms with Crippen molar-refractivity contribution in [2.75, 3.05) is 5.88 Å². The third-order valence-electron chi connectivity index (χ3n) is 2.07. The first-order chi connectivity index (χ1) is 7.31. The van der Waals surface area contributed by atoms with Crippen LogP contribution < -0.4 is 0 Å². The molecule has 0 bridgehead atoms. The van der Waals surface area contributed by atoms with Gasteiger partial charge >= 0.3 is 0 Å². The number of aromatic nitrogens is 2. The van der Waals surface area contributed by atoms with Crippen molar-refractivity contribution >= 4 is 17.4 Å². The fourth-order valence-electron chi connectivity index (χ4n) is 1.29. The van der Waals surface area contributed by atoms with Crippen LogP contribution in [0, 0.1) is 0 Å². The Morgan fingerprint density at radius 2 is 2.07 bits per heavy atom. The Bertz CT molecular complexity index is 464. The molecule has 15 heavy (non-hydrogen) atoms. The quantitative estimate of drug-likeness (QED) is 0.638. The Morgan fingerprint density at radius 3 is 2.73 bits per heavy atom. The van der Waals surface area contributed by atoms with Gasteiger partial charge in [-0.3, -0.25) is 9.89 Å². The predicted octanol–water partition coefficient (Wildman–Crippen LogP) is 2.50.